The SMILES string of the molecule is Nc1ccnc(-n2nnc3ccccc32)n1. The molecule has 16 heavy (non-hydrogen) atoms. The van der Waals surface area contributed by atoms with Crippen LogP contribution in [0.1, 0.15) is 0 Å². The van der Waals surface area contributed by atoms with Gasteiger partial charge in [0.1, 0.15) is 11.3 Å². The first-order chi connectivity index (χ1) is 7.84. The molecule has 0 amide bonds. The Bertz CT molecular complexity index is 644. The fraction of sp³-hybridized carbons (Fsp3) is 0. The standard InChI is InChI=1S/C10H8N6/c11-9-5-6-12-10(13-9)16-8-4-2-1-3-7(8)14-15-16/h1-6H,(H2,11,12,13). The number of nitrogens with two attached hydrogens (primary N) is 1. The van der Waals surface area contributed by atoms with E-state index >= 15 is 0 Å². The van der Waals surface area contributed by atoms with Gasteiger partial charge >= 0.3 is 0 Å². The van der Waals surface area contributed by atoms with Crippen LogP contribution < -0.4 is 5.73 Å². The average molecular weight is 212 g/mol. The second-order valence-corrected chi connectivity index (χ2v) is 3.27. The van der Waals surface area contributed by atoms with Gasteiger partial charge in [-0.2, -0.15) is 9.67 Å². The van der Waals surface area contributed by atoms with Crippen molar-refractivity contribution < 1.29 is 0 Å². The lowest BCUT2D eigenvalue weighted by Gasteiger charge is -1.99. The number of aromatic nitrogens is 5. The summed E-state index contributed by atoms with van der Waals surface area (Å²) < 4.78 is 1.56. The fourth-order valence-electron chi connectivity index (χ4n) is 1.48. The summed E-state index contributed by atoms with van der Waals surface area (Å²) in [5.74, 6) is 0.832. The van der Waals surface area contributed by atoms with E-state index in [2.05, 4.69) is 20.3 Å². The molecule has 2 aromatic heterocycles. The Labute approximate surface area is 90.7 Å². The zero-order valence-corrected chi connectivity index (χ0v) is 8.28. The van der Waals surface area contributed by atoms with Crippen molar-refractivity contribution in [3.8, 4) is 5.95 Å². The highest BCUT2D eigenvalue weighted by Crippen LogP contribution is 2.13. The van der Waals surface area contributed by atoms with Crippen molar-refractivity contribution in [1.82, 2.24) is 25.0 Å². The van der Waals surface area contributed by atoms with Gasteiger partial charge in [0.25, 0.3) is 5.95 Å². The van der Waals surface area contributed by atoms with Gasteiger partial charge in [-0.25, -0.2) is 4.98 Å². The Morgan fingerprint density at radius 1 is 1.12 bits per heavy atom. The summed E-state index contributed by atoms with van der Waals surface area (Å²) in [4.78, 5) is 8.19. The van der Waals surface area contributed by atoms with E-state index in [1.54, 1.807) is 16.9 Å². The van der Waals surface area contributed by atoms with E-state index in [0.29, 0.717) is 11.8 Å². The van der Waals surface area contributed by atoms with Crippen LogP contribution >= 0.6 is 0 Å². The molecule has 3 aromatic rings. The van der Waals surface area contributed by atoms with Crippen LogP contribution in [0.15, 0.2) is 36.5 Å². The van der Waals surface area contributed by atoms with Gasteiger partial charge in [-0.1, -0.05) is 17.3 Å². The Morgan fingerprint density at radius 3 is 2.88 bits per heavy atom. The van der Waals surface area contributed by atoms with Crippen molar-refractivity contribution in [2.45, 2.75) is 0 Å². The summed E-state index contributed by atoms with van der Waals surface area (Å²) in [5.41, 5.74) is 7.25. The molecule has 6 nitrogen and oxygen atoms in total. The van der Waals surface area contributed by atoms with Crippen molar-refractivity contribution >= 4 is 16.9 Å². The van der Waals surface area contributed by atoms with Gasteiger partial charge in [0, 0.05) is 6.20 Å². The molecule has 0 unspecified atom stereocenters. The number of fused-ring (bicyclic) bond motifs is 1. The van der Waals surface area contributed by atoms with Crippen molar-refractivity contribution in [3.63, 3.8) is 0 Å². The fourth-order valence-corrected chi connectivity index (χ4v) is 1.48. The number of rotatable bonds is 1. The number of hydrogen-bond donors (Lipinski definition) is 1. The predicted molar refractivity (Wildman–Crippen MR) is 58.9 cm³/mol. The third-order valence-electron chi connectivity index (χ3n) is 2.21. The summed E-state index contributed by atoms with van der Waals surface area (Å²) in [5, 5.41) is 8.01. The molecule has 0 aliphatic heterocycles. The summed E-state index contributed by atoms with van der Waals surface area (Å²) >= 11 is 0. The van der Waals surface area contributed by atoms with Gasteiger partial charge in [0.15, 0.2) is 0 Å². The quantitative estimate of drug-likeness (QED) is 0.644. The number of para-hydroxylation sites is 1. The van der Waals surface area contributed by atoms with Crippen LogP contribution in [-0.4, -0.2) is 25.0 Å². The highest BCUT2D eigenvalue weighted by atomic mass is 15.5. The molecular formula is C10H8N6. The van der Waals surface area contributed by atoms with Gasteiger partial charge < -0.3 is 5.73 Å². The third kappa shape index (κ3) is 1.28. The van der Waals surface area contributed by atoms with Gasteiger partial charge in [0.05, 0.1) is 5.52 Å². The molecule has 0 bridgehead atoms. The summed E-state index contributed by atoms with van der Waals surface area (Å²) in [6.07, 6.45) is 1.59. The molecule has 0 aliphatic rings. The predicted octanol–water partition coefficient (Wildman–Crippen LogP) is 0.793. The van der Waals surface area contributed by atoms with E-state index in [9.17, 15) is 0 Å². The average Bonchev–Trinajstić information content (AvgIpc) is 2.72. The molecule has 0 radical (unpaired) electrons. The molecule has 0 saturated heterocycles. The van der Waals surface area contributed by atoms with E-state index in [-0.39, 0.29) is 0 Å². The molecule has 0 aliphatic carbocycles. The van der Waals surface area contributed by atoms with Crippen LogP contribution in [0, 0.1) is 0 Å². The molecule has 0 spiro atoms. The largest absolute Gasteiger partial charge is 0.384 e. The molecule has 0 atom stereocenters. The molecular weight excluding hydrogens is 204 g/mol. The maximum atomic E-state index is 5.60. The highest BCUT2D eigenvalue weighted by Gasteiger charge is 2.07. The molecule has 0 fully saturated rings. The molecule has 6 heteroatoms. The number of benzene rings is 1. The minimum Gasteiger partial charge on any atom is -0.384 e. The zero-order valence-electron chi connectivity index (χ0n) is 8.28. The molecule has 3 rings (SSSR count). The Hall–Kier alpha value is -2.50. The first-order valence-corrected chi connectivity index (χ1v) is 4.74. The van der Waals surface area contributed by atoms with Crippen LogP contribution in [0.5, 0.6) is 0 Å². The summed E-state index contributed by atoms with van der Waals surface area (Å²) in [6.45, 7) is 0. The first kappa shape index (κ1) is 8.78. The van der Waals surface area contributed by atoms with Crippen molar-refractivity contribution in [1.29, 1.82) is 0 Å². The van der Waals surface area contributed by atoms with Gasteiger partial charge in [0.2, 0.25) is 0 Å². The number of nitrogens with zero attached hydrogens (tertiary/aromatic N) is 5. The summed E-state index contributed by atoms with van der Waals surface area (Å²) in [7, 11) is 0. The summed E-state index contributed by atoms with van der Waals surface area (Å²) in [6, 6.07) is 9.23. The Morgan fingerprint density at radius 2 is 2.00 bits per heavy atom. The molecule has 0 saturated carbocycles. The monoisotopic (exact) mass is 212 g/mol. The van der Waals surface area contributed by atoms with Crippen molar-refractivity contribution in [2.75, 3.05) is 5.73 Å². The van der Waals surface area contributed by atoms with E-state index < -0.39 is 0 Å². The smallest absolute Gasteiger partial charge is 0.254 e. The molecule has 78 valence electrons. The number of nitrogen functional groups attached to an aromatic ring is 1. The molecule has 1 aromatic carbocycles. The lowest BCUT2D eigenvalue weighted by atomic mass is 10.3. The van der Waals surface area contributed by atoms with Crippen LogP contribution in [0.3, 0.4) is 0 Å². The number of hydrogen-bond acceptors (Lipinski definition) is 5. The zero-order chi connectivity index (χ0) is 11.0. The highest BCUT2D eigenvalue weighted by molar-refractivity contribution is 5.75. The molecule has 2 heterocycles. The van der Waals surface area contributed by atoms with Crippen LogP contribution in [0.25, 0.3) is 17.0 Å². The lowest BCUT2D eigenvalue weighted by molar-refractivity contribution is 0.775. The second-order valence-electron chi connectivity index (χ2n) is 3.27. The maximum absolute atomic E-state index is 5.60. The van der Waals surface area contributed by atoms with E-state index in [1.807, 2.05) is 24.3 Å². The minimum atomic E-state index is 0.407. The molecule has 2 N–H and O–H groups in total. The van der Waals surface area contributed by atoms with Crippen LogP contribution in [0.2, 0.25) is 0 Å². The lowest BCUT2D eigenvalue weighted by Crippen LogP contribution is -2.04. The van der Waals surface area contributed by atoms with E-state index in [0.717, 1.165) is 11.0 Å². The van der Waals surface area contributed by atoms with Gasteiger partial charge in [-0.05, 0) is 18.2 Å². The van der Waals surface area contributed by atoms with Crippen molar-refractivity contribution in [3.05, 3.63) is 36.5 Å². The van der Waals surface area contributed by atoms with Crippen LogP contribution in [-0.2, 0) is 0 Å². The number of anilines is 1. The Balaban J connectivity index is 2.26. The second kappa shape index (κ2) is 3.27. The third-order valence-corrected chi connectivity index (χ3v) is 2.21. The van der Waals surface area contributed by atoms with Gasteiger partial charge in [-0.3, -0.25) is 0 Å². The Kier molecular flexibility index (Phi) is 1.79. The van der Waals surface area contributed by atoms with E-state index in [1.165, 1.54) is 0 Å². The van der Waals surface area contributed by atoms with Crippen LogP contribution in [0.4, 0.5) is 5.82 Å². The van der Waals surface area contributed by atoms with E-state index in [4.69, 9.17) is 5.73 Å². The normalized spacial score (nSPS) is 10.8. The van der Waals surface area contributed by atoms with Gasteiger partial charge in [-0.15, -0.1) is 5.10 Å². The topological polar surface area (TPSA) is 82.5 Å². The van der Waals surface area contributed by atoms with Crippen molar-refractivity contribution in [2.24, 2.45) is 0 Å². The minimum absolute atomic E-state index is 0.407. The first-order valence-electron chi connectivity index (χ1n) is 4.74. The maximum Gasteiger partial charge on any atom is 0.254 e.